The van der Waals surface area contributed by atoms with E-state index in [1.807, 2.05) is 43.5 Å². The third kappa shape index (κ3) is 6.52. The van der Waals surface area contributed by atoms with Crippen LogP contribution in [0.25, 0.3) is 17.3 Å². The van der Waals surface area contributed by atoms with Gasteiger partial charge in [0, 0.05) is 37.2 Å². The number of rotatable bonds is 11. The van der Waals surface area contributed by atoms with E-state index >= 15 is 0 Å². The summed E-state index contributed by atoms with van der Waals surface area (Å²) in [5.74, 6) is -0.297. The first-order valence-corrected chi connectivity index (χ1v) is 11.8. The van der Waals surface area contributed by atoms with Gasteiger partial charge >= 0.3 is 5.97 Å². The zero-order chi connectivity index (χ0) is 26.4. The van der Waals surface area contributed by atoms with E-state index in [-0.39, 0.29) is 18.2 Å². The second-order valence-electron chi connectivity index (χ2n) is 8.81. The van der Waals surface area contributed by atoms with Crippen LogP contribution in [0, 0.1) is 5.82 Å². The lowest BCUT2D eigenvalue weighted by Crippen LogP contribution is -2.20. The van der Waals surface area contributed by atoms with E-state index in [0.29, 0.717) is 35.0 Å². The van der Waals surface area contributed by atoms with Crippen LogP contribution < -0.4 is 4.90 Å². The highest BCUT2D eigenvalue weighted by molar-refractivity contribution is 5.75. The molecule has 36 heavy (non-hydrogen) atoms. The summed E-state index contributed by atoms with van der Waals surface area (Å²) < 4.78 is 15.5. The number of anilines is 2. The minimum absolute atomic E-state index is 0.0233. The SMILES string of the molecule is CCn1nccc1N(C)c1nc(-c2ccc(F)cc2)c(/C=C/[C@@H](O)C[C@@H](O)CC(=O)O)c(C(C)C)n1. The van der Waals surface area contributed by atoms with Crippen LogP contribution in [0.5, 0.6) is 0 Å². The van der Waals surface area contributed by atoms with E-state index in [1.165, 1.54) is 18.2 Å². The van der Waals surface area contributed by atoms with Gasteiger partial charge in [-0.2, -0.15) is 5.10 Å². The number of hydrogen-bond donors (Lipinski definition) is 3. The first-order valence-electron chi connectivity index (χ1n) is 11.8. The maximum Gasteiger partial charge on any atom is 0.305 e. The van der Waals surface area contributed by atoms with E-state index in [0.717, 1.165) is 5.82 Å². The molecule has 0 amide bonds. The number of aliphatic hydroxyl groups is 2. The Hall–Kier alpha value is -3.63. The Bertz CT molecular complexity index is 1210. The summed E-state index contributed by atoms with van der Waals surface area (Å²) in [5, 5.41) is 33.4. The summed E-state index contributed by atoms with van der Waals surface area (Å²) in [6.45, 7) is 6.63. The minimum atomic E-state index is -1.18. The summed E-state index contributed by atoms with van der Waals surface area (Å²) in [5.41, 5.74) is 2.57. The maximum atomic E-state index is 13.7. The Morgan fingerprint density at radius 2 is 1.86 bits per heavy atom. The first kappa shape index (κ1) is 27.0. The van der Waals surface area contributed by atoms with Gasteiger partial charge in [-0.05, 0) is 37.1 Å². The Morgan fingerprint density at radius 1 is 1.17 bits per heavy atom. The molecule has 0 unspecified atom stereocenters. The zero-order valence-corrected chi connectivity index (χ0v) is 20.8. The molecule has 0 saturated carbocycles. The molecule has 3 rings (SSSR count). The summed E-state index contributed by atoms with van der Waals surface area (Å²) in [6, 6.07) is 7.84. The normalized spacial score (nSPS) is 13.3. The molecule has 0 saturated heterocycles. The largest absolute Gasteiger partial charge is 0.481 e. The third-order valence-electron chi connectivity index (χ3n) is 5.67. The lowest BCUT2D eigenvalue weighted by Gasteiger charge is -2.22. The van der Waals surface area contributed by atoms with Gasteiger partial charge in [0.2, 0.25) is 5.95 Å². The van der Waals surface area contributed by atoms with Crippen LogP contribution in [0.4, 0.5) is 16.2 Å². The molecule has 0 spiro atoms. The van der Waals surface area contributed by atoms with Crippen LogP contribution in [0.3, 0.4) is 0 Å². The number of nitrogens with zero attached hydrogens (tertiary/aromatic N) is 5. The summed E-state index contributed by atoms with van der Waals surface area (Å²) in [4.78, 5) is 22.3. The molecule has 0 bridgehead atoms. The van der Waals surface area contributed by atoms with Crippen molar-refractivity contribution in [3.8, 4) is 11.3 Å². The summed E-state index contributed by atoms with van der Waals surface area (Å²) >= 11 is 0. The highest BCUT2D eigenvalue weighted by atomic mass is 19.1. The molecule has 0 aliphatic carbocycles. The quantitative estimate of drug-likeness (QED) is 0.363. The Morgan fingerprint density at radius 3 is 2.47 bits per heavy atom. The standard InChI is InChI=1S/C26H32FN5O4/c1-5-32-22(12-13-28-32)31(4)26-29-24(16(2)3)21(11-10-19(33)14-20(34)15-23(35)36)25(30-26)17-6-8-18(27)9-7-17/h6-13,16,19-20,33-34H,5,14-15H2,1-4H3,(H,35,36)/b11-10+/t19-,20-/m1/s1. The van der Waals surface area contributed by atoms with Gasteiger partial charge in [0.15, 0.2) is 0 Å². The van der Waals surface area contributed by atoms with Gasteiger partial charge in [-0.25, -0.2) is 19.0 Å². The molecule has 0 radical (unpaired) electrons. The van der Waals surface area contributed by atoms with Gasteiger partial charge < -0.3 is 15.3 Å². The van der Waals surface area contributed by atoms with Crippen molar-refractivity contribution in [1.82, 2.24) is 19.7 Å². The zero-order valence-electron chi connectivity index (χ0n) is 20.8. The van der Waals surface area contributed by atoms with Gasteiger partial charge in [0.25, 0.3) is 0 Å². The van der Waals surface area contributed by atoms with Gasteiger partial charge in [-0.3, -0.25) is 9.69 Å². The average Bonchev–Trinajstić information content (AvgIpc) is 3.30. The lowest BCUT2D eigenvalue weighted by molar-refractivity contribution is -0.139. The lowest BCUT2D eigenvalue weighted by atomic mass is 9.97. The number of carboxylic acids is 1. The second-order valence-corrected chi connectivity index (χ2v) is 8.81. The minimum Gasteiger partial charge on any atom is -0.481 e. The fraction of sp³-hybridized carbons (Fsp3) is 0.385. The monoisotopic (exact) mass is 497 g/mol. The number of carbonyl (C=O) groups is 1. The van der Waals surface area contributed by atoms with Crippen LogP contribution in [-0.2, 0) is 11.3 Å². The van der Waals surface area contributed by atoms with Crippen molar-refractivity contribution in [3.63, 3.8) is 0 Å². The number of aliphatic hydroxyl groups excluding tert-OH is 2. The fourth-order valence-electron chi connectivity index (χ4n) is 3.86. The van der Waals surface area contributed by atoms with Crippen LogP contribution in [0.15, 0.2) is 42.6 Å². The molecular formula is C26H32FN5O4. The molecule has 2 heterocycles. The molecule has 192 valence electrons. The van der Waals surface area contributed by atoms with Crippen LogP contribution in [-0.4, -0.2) is 60.3 Å². The molecule has 2 atom stereocenters. The van der Waals surface area contributed by atoms with E-state index in [2.05, 4.69) is 5.10 Å². The van der Waals surface area contributed by atoms with Crippen molar-refractivity contribution in [3.05, 3.63) is 59.7 Å². The molecule has 3 N–H and O–H groups in total. The third-order valence-corrected chi connectivity index (χ3v) is 5.67. The van der Waals surface area contributed by atoms with Crippen LogP contribution in [0.1, 0.15) is 50.8 Å². The number of benzene rings is 1. The molecule has 1 aromatic carbocycles. The summed E-state index contributed by atoms with van der Waals surface area (Å²) in [7, 11) is 1.85. The number of aryl methyl sites for hydroxylation is 1. The highest BCUT2D eigenvalue weighted by Gasteiger charge is 2.21. The topological polar surface area (TPSA) is 125 Å². The van der Waals surface area contributed by atoms with E-state index in [9.17, 15) is 19.4 Å². The predicted octanol–water partition coefficient (Wildman–Crippen LogP) is 3.99. The van der Waals surface area contributed by atoms with Crippen LogP contribution in [0.2, 0.25) is 0 Å². The summed E-state index contributed by atoms with van der Waals surface area (Å²) in [6.07, 6.45) is 2.01. The molecule has 10 heteroatoms. The van der Waals surface area contributed by atoms with Crippen molar-refractivity contribution in [2.24, 2.45) is 0 Å². The molecule has 9 nitrogen and oxygen atoms in total. The van der Waals surface area contributed by atoms with Crippen molar-refractivity contribution >= 4 is 23.8 Å². The van der Waals surface area contributed by atoms with Gasteiger partial charge in [0.05, 0.1) is 36.2 Å². The number of halogens is 1. The Balaban J connectivity index is 2.10. The molecule has 0 fully saturated rings. The molecule has 0 aliphatic rings. The number of hydrogen-bond acceptors (Lipinski definition) is 7. The Labute approximate surface area is 209 Å². The van der Waals surface area contributed by atoms with E-state index < -0.39 is 24.6 Å². The number of aromatic nitrogens is 4. The Kier molecular flexibility index (Phi) is 8.89. The number of carboxylic acid groups (broad SMARTS) is 1. The average molecular weight is 498 g/mol. The van der Waals surface area contributed by atoms with E-state index in [4.69, 9.17) is 15.1 Å². The smallest absolute Gasteiger partial charge is 0.305 e. The fourth-order valence-corrected chi connectivity index (χ4v) is 3.86. The van der Waals surface area contributed by atoms with Crippen LogP contribution >= 0.6 is 0 Å². The van der Waals surface area contributed by atoms with Crippen molar-refractivity contribution in [2.75, 3.05) is 11.9 Å². The van der Waals surface area contributed by atoms with Gasteiger partial charge in [-0.1, -0.05) is 26.0 Å². The predicted molar refractivity (Wildman–Crippen MR) is 135 cm³/mol. The van der Waals surface area contributed by atoms with E-state index in [1.54, 1.807) is 24.4 Å². The molecule has 3 aromatic rings. The maximum absolute atomic E-state index is 13.7. The first-order chi connectivity index (χ1) is 17.1. The molecular weight excluding hydrogens is 465 g/mol. The number of aliphatic carboxylic acids is 1. The van der Waals surface area contributed by atoms with Crippen molar-refractivity contribution < 1.29 is 24.5 Å². The highest BCUT2D eigenvalue weighted by Crippen LogP contribution is 2.33. The molecule has 2 aromatic heterocycles. The van der Waals surface area contributed by atoms with Gasteiger partial charge in [-0.15, -0.1) is 0 Å². The second kappa shape index (κ2) is 11.9. The van der Waals surface area contributed by atoms with Gasteiger partial charge in [0.1, 0.15) is 11.6 Å². The molecule has 0 aliphatic heterocycles. The van der Waals surface area contributed by atoms with Crippen molar-refractivity contribution in [2.45, 2.75) is 58.3 Å². The van der Waals surface area contributed by atoms with Crippen molar-refractivity contribution in [1.29, 1.82) is 0 Å².